The van der Waals surface area contributed by atoms with E-state index in [9.17, 15) is 4.79 Å². The van der Waals surface area contributed by atoms with Gasteiger partial charge in [-0.25, -0.2) is 5.43 Å². The molecule has 0 aliphatic rings. The van der Waals surface area contributed by atoms with Crippen LogP contribution in [0.4, 0.5) is 0 Å². The number of nitriles is 1. The Morgan fingerprint density at radius 1 is 1.38 bits per heavy atom. The lowest BCUT2D eigenvalue weighted by Crippen LogP contribution is -2.37. The van der Waals surface area contributed by atoms with Crippen molar-refractivity contribution in [3.8, 4) is 6.07 Å². The Balaban J connectivity index is 3.08. The summed E-state index contributed by atoms with van der Waals surface area (Å²) in [4.78, 5) is 10.7. The predicted octanol–water partition coefficient (Wildman–Crippen LogP) is 1.10. The van der Waals surface area contributed by atoms with Gasteiger partial charge >= 0.3 is 0 Å². The van der Waals surface area contributed by atoms with Crippen LogP contribution in [0.2, 0.25) is 0 Å². The van der Waals surface area contributed by atoms with E-state index in [1.54, 1.807) is 6.07 Å². The van der Waals surface area contributed by atoms with Crippen molar-refractivity contribution in [3.05, 3.63) is 0 Å². The van der Waals surface area contributed by atoms with Crippen LogP contribution >= 0.6 is 0 Å². The van der Waals surface area contributed by atoms with Crippen molar-refractivity contribution >= 4 is 5.91 Å². The summed E-state index contributed by atoms with van der Waals surface area (Å²) in [7, 11) is 0. The molecule has 0 aromatic heterocycles. The van der Waals surface area contributed by atoms with E-state index in [2.05, 4.69) is 17.8 Å². The van der Waals surface area contributed by atoms with Crippen molar-refractivity contribution < 1.29 is 4.79 Å². The van der Waals surface area contributed by atoms with Crippen molar-refractivity contribution in [1.29, 1.82) is 5.26 Å². The third-order valence-electron chi connectivity index (χ3n) is 1.62. The van der Waals surface area contributed by atoms with E-state index < -0.39 is 0 Å². The maximum absolute atomic E-state index is 10.7. The van der Waals surface area contributed by atoms with Crippen LogP contribution in [0.5, 0.6) is 0 Å². The zero-order valence-corrected chi connectivity index (χ0v) is 8.10. The Kier molecular flexibility index (Phi) is 8.26. The lowest BCUT2D eigenvalue weighted by molar-refractivity contribution is -0.121. The molecule has 0 rings (SSSR count). The van der Waals surface area contributed by atoms with E-state index in [4.69, 9.17) is 5.26 Å². The normalized spacial score (nSPS) is 9.23. The Bertz CT molecular complexity index is 174. The van der Waals surface area contributed by atoms with Gasteiger partial charge in [0.05, 0.1) is 6.07 Å². The van der Waals surface area contributed by atoms with Gasteiger partial charge in [0.25, 0.3) is 0 Å². The fourth-order valence-corrected chi connectivity index (χ4v) is 0.917. The molecule has 0 unspecified atom stereocenters. The molecule has 0 fully saturated rings. The molecule has 0 bridgehead atoms. The van der Waals surface area contributed by atoms with Crippen molar-refractivity contribution in [1.82, 2.24) is 10.9 Å². The van der Waals surface area contributed by atoms with E-state index >= 15 is 0 Å². The smallest absolute Gasteiger partial charge is 0.248 e. The van der Waals surface area contributed by atoms with Crippen LogP contribution < -0.4 is 10.9 Å². The van der Waals surface area contributed by atoms with E-state index in [-0.39, 0.29) is 12.3 Å². The highest BCUT2D eigenvalue weighted by Gasteiger charge is 1.96. The third kappa shape index (κ3) is 8.83. The van der Waals surface area contributed by atoms with Crippen LogP contribution in [0.3, 0.4) is 0 Å². The molecule has 0 aliphatic carbocycles. The Morgan fingerprint density at radius 3 is 2.77 bits per heavy atom. The average Bonchev–Trinajstić information content (AvgIpc) is 2.11. The summed E-state index contributed by atoms with van der Waals surface area (Å²) in [6.07, 6.45) is 4.59. The highest BCUT2D eigenvalue weighted by atomic mass is 16.2. The first-order chi connectivity index (χ1) is 6.31. The second kappa shape index (κ2) is 9.01. The van der Waals surface area contributed by atoms with E-state index in [1.165, 1.54) is 19.3 Å². The molecule has 1 amide bonds. The molecule has 4 nitrogen and oxygen atoms in total. The summed E-state index contributed by atoms with van der Waals surface area (Å²) in [6, 6.07) is 1.78. The van der Waals surface area contributed by atoms with Crippen LogP contribution in [-0.4, -0.2) is 12.5 Å². The number of amides is 1. The van der Waals surface area contributed by atoms with Gasteiger partial charge in [0.1, 0.15) is 6.42 Å². The highest BCUT2D eigenvalue weighted by molar-refractivity contribution is 5.77. The van der Waals surface area contributed by atoms with Gasteiger partial charge in [-0.2, -0.15) is 5.26 Å². The van der Waals surface area contributed by atoms with Crippen molar-refractivity contribution in [2.45, 2.75) is 39.0 Å². The Hall–Kier alpha value is -1.08. The van der Waals surface area contributed by atoms with Crippen molar-refractivity contribution in [2.75, 3.05) is 6.54 Å². The lowest BCUT2D eigenvalue weighted by atomic mass is 10.2. The fraction of sp³-hybridized carbons (Fsp3) is 0.778. The molecule has 0 atom stereocenters. The molecule has 13 heavy (non-hydrogen) atoms. The summed E-state index contributed by atoms with van der Waals surface area (Å²) < 4.78 is 0. The minimum absolute atomic E-state index is 0.0814. The Labute approximate surface area is 79.3 Å². The molecule has 0 radical (unpaired) electrons. The van der Waals surface area contributed by atoms with Gasteiger partial charge in [-0.1, -0.05) is 26.2 Å². The zero-order valence-electron chi connectivity index (χ0n) is 8.10. The molecular formula is C9H17N3O. The van der Waals surface area contributed by atoms with Crippen molar-refractivity contribution in [2.24, 2.45) is 0 Å². The van der Waals surface area contributed by atoms with Crippen LogP contribution in [0.25, 0.3) is 0 Å². The molecule has 0 saturated carbocycles. The maximum Gasteiger partial charge on any atom is 0.248 e. The van der Waals surface area contributed by atoms with E-state index in [0.717, 1.165) is 13.0 Å². The van der Waals surface area contributed by atoms with Crippen molar-refractivity contribution in [3.63, 3.8) is 0 Å². The topological polar surface area (TPSA) is 64.9 Å². The van der Waals surface area contributed by atoms with Gasteiger partial charge in [0.2, 0.25) is 5.91 Å². The zero-order chi connectivity index (χ0) is 9.94. The standard InChI is InChI=1S/C9H17N3O/c1-2-3-4-5-8-11-12-9(13)6-7-10/h11H,2-6,8H2,1H3,(H,12,13). The number of nitrogens with zero attached hydrogens (tertiary/aromatic N) is 1. The molecule has 74 valence electrons. The molecule has 0 aromatic carbocycles. The molecular weight excluding hydrogens is 166 g/mol. The maximum atomic E-state index is 10.7. The first-order valence-electron chi connectivity index (χ1n) is 4.70. The van der Waals surface area contributed by atoms with E-state index in [1.807, 2.05) is 0 Å². The molecule has 0 aliphatic heterocycles. The van der Waals surface area contributed by atoms with Gasteiger partial charge in [-0.3, -0.25) is 10.2 Å². The quantitative estimate of drug-likeness (QED) is 0.459. The largest absolute Gasteiger partial charge is 0.291 e. The fourth-order valence-electron chi connectivity index (χ4n) is 0.917. The number of carbonyl (C=O) groups excluding carboxylic acids is 1. The average molecular weight is 183 g/mol. The monoisotopic (exact) mass is 183 g/mol. The van der Waals surface area contributed by atoms with Crippen LogP contribution in [0.15, 0.2) is 0 Å². The number of rotatable bonds is 7. The second-order valence-electron chi connectivity index (χ2n) is 2.87. The summed E-state index contributed by atoms with van der Waals surface area (Å²) in [5, 5.41) is 8.17. The second-order valence-corrected chi connectivity index (χ2v) is 2.87. The molecule has 0 spiro atoms. The summed E-state index contributed by atoms with van der Waals surface area (Å²) in [5.74, 6) is -0.266. The summed E-state index contributed by atoms with van der Waals surface area (Å²) >= 11 is 0. The third-order valence-corrected chi connectivity index (χ3v) is 1.62. The minimum atomic E-state index is -0.266. The summed E-state index contributed by atoms with van der Waals surface area (Å²) in [6.45, 7) is 2.93. The SMILES string of the molecule is CCCCCCNNC(=O)CC#N. The first kappa shape index (κ1) is 11.9. The van der Waals surface area contributed by atoms with Crippen LogP contribution in [0, 0.1) is 11.3 Å². The predicted molar refractivity (Wildman–Crippen MR) is 50.5 cm³/mol. The van der Waals surface area contributed by atoms with Gasteiger partial charge < -0.3 is 0 Å². The molecule has 2 N–H and O–H groups in total. The highest BCUT2D eigenvalue weighted by Crippen LogP contribution is 1.96. The number of unbranched alkanes of at least 4 members (excludes halogenated alkanes) is 3. The van der Waals surface area contributed by atoms with Gasteiger partial charge in [0.15, 0.2) is 0 Å². The number of carbonyl (C=O) groups is 1. The number of nitrogens with one attached hydrogen (secondary N) is 2. The van der Waals surface area contributed by atoms with Gasteiger partial charge in [0, 0.05) is 6.54 Å². The number of hydrogen-bond donors (Lipinski definition) is 2. The lowest BCUT2D eigenvalue weighted by Gasteiger charge is -2.04. The van der Waals surface area contributed by atoms with Gasteiger partial charge in [-0.05, 0) is 6.42 Å². The van der Waals surface area contributed by atoms with Gasteiger partial charge in [-0.15, -0.1) is 0 Å². The molecule has 0 heterocycles. The summed E-state index contributed by atoms with van der Waals surface area (Å²) in [5.41, 5.74) is 5.23. The molecule has 0 aromatic rings. The molecule has 0 saturated heterocycles. The number of hydrogen-bond acceptors (Lipinski definition) is 3. The first-order valence-corrected chi connectivity index (χ1v) is 4.70. The number of hydrazine groups is 1. The van der Waals surface area contributed by atoms with E-state index in [0.29, 0.717) is 0 Å². The van der Waals surface area contributed by atoms with Crippen LogP contribution in [0.1, 0.15) is 39.0 Å². The minimum Gasteiger partial charge on any atom is -0.291 e. The Morgan fingerprint density at radius 2 is 2.15 bits per heavy atom. The molecule has 4 heteroatoms. The van der Waals surface area contributed by atoms with Crippen LogP contribution in [-0.2, 0) is 4.79 Å².